The second-order valence-corrected chi connectivity index (χ2v) is 1.20. The van der Waals surface area contributed by atoms with Crippen LogP contribution in [0.25, 0.3) is 0 Å². The van der Waals surface area contributed by atoms with Gasteiger partial charge in [0.2, 0.25) is 0 Å². The van der Waals surface area contributed by atoms with Crippen molar-refractivity contribution >= 4 is 50.5 Å². The largest absolute Gasteiger partial charge is 0.185 e. The number of thiocyanates is 4. The topological polar surface area (TPSA) is 95.2 Å². The van der Waals surface area contributed by atoms with Crippen molar-refractivity contribution in [1.29, 1.82) is 21.0 Å². The first kappa shape index (κ1) is 58.5. The van der Waals surface area contributed by atoms with E-state index < -0.39 is 0 Å². The summed E-state index contributed by atoms with van der Waals surface area (Å²) in [5.74, 6) is 0. The highest BCUT2D eigenvalue weighted by atomic mass is 32.1. The van der Waals surface area contributed by atoms with Crippen LogP contribution in [0.3, 0.4) is 0 Å². The molecule has 4 nitrogen and oxygen atoms in total. The maximum absolute atomic E-state index is 7.18. The molecule has 0 radical (unpaired) electrons. The average Bonchev–Trinajstić information content (AvgIpc) is 1.92. The molecule has 0 rings (SSSR count). The third kappa shape index (κ3) is 4980. The van der Waals surface area contributed by atoms with E-state index in [2.05, 4.69) is 50.5 Å². The van der Waals surface area contributed by atoms with Crippen molar-refractivity contribution < 1.29 is 0 Å². The predicted molar refractivity (Wildman–Crippen MR) is 85.3 cm³/mol. The van der Waals surface area contributed by atoms with E-state index in [1.807, 2.05) is 0 Å². The fourth-order valence-corrected chi connectivity index (χ4v) is 0. The molecule has 0 bridgehead atoms. The first-order valence-electron chi connectivity index (χ1n) is 1.79. The van der Waals surface area contributed by atoms with Crippen LogP contribution in [0.5, 0.6) is 0 Å². The maximum atomic E-state index is 7.18. The number of hydrogen-bond donors (Lipinski definition) is 4. The lowest BCUT2D eigenvalue weighted by Crippen LogP contribution is -0.961. The molecule has 0 aromatic carbocycles. The number of nitriles is 4. The minimum atomic E-state index is 0. The molecule has 0 atom stereocenters. The van der Waals surface area contributed by atoms with E-state index in [9.17, 15) is 0 Å². The summed E-state index contributed by atoms with van der Waals surface area (Å²) < 4.78 is 0. The Balaban J connectivity index is -0.00000000821. The zero-order valence-electron chi connectivity index (χ0n) is 5.58. The van der Waals surface area contributed by atoms with Gasteiger partial charge in [0.15, 0.2) is 0 Å². The van der Waals surface area contributed by atoms with Gasteiger partial charge in [-0.05, 0) is 0 Å². The lowest BCUT2D eigenvalue weighted by Gasteiger charge is -1.14. The summed E-state index contributed by atoms with van der Waals surface area (Å²) >= 11 is 12.4. The lowest BCUT2D eigenvalue weighted by molar-refractivity contribution is 1.57. The van der Waals surface area contributed by atoms with Gasteiger partial charge in [0.05, 0.1) is 0 Å². The Hall–Kier alpha value is -0.640. The van der Waals surface area contributed by atoms with Gasteiger partial charge in [-0.1, -0.05) is 80.2 Å². The Bertz CT molecular complexity index is 158. The highest BCUT2D eigenvalue weighted by molar-refractivity contribution is 7.85. The Morgan fingerprint density at radius 1 is 0.438 bits per heavy atom. The fourth-order valence-electron chi connectivity index (χ4n) is 0. The second kappa shape index (κ2) is 227. The Labute approximate surface area is 123 Å². The number of rotatable bonds is 0. The predicted octanol–water partition coefficient (Wildman–Crippen LogP) is 4.13. The normalized spacial score (nSPS) is 2.00. The van der Waals surface area contributed by atoms with Crippen molar-refractivity contribution in [3.63, 3.8) is 0 Å². The van der Waals surface area contributed by atoms with Gasteiger partial charge in [0.1, 0.15) is 21.6 Å². The van der Waals surface area contributed by atoms with Crippen LogP contribution in [0.2, 0.25) is 0 Å². The summed E-state index contributed by atoms with van der Waals surface area (Å²) in [4.78, 5) is 0. The first-order chi connectivity index (χ1) is 5.66. The van der Waals surface area contributed by atoms with Gasteiger partial charge >= 0.3 is 0 Å². The molecule has 96 valence electrons. The maximum Gasteiger partial charge on any atom is 0.130 e. The van der Waals surface area contributed by atoms with Crippen LogP contribution in [0, 0.1) is 42.7 Å². The minimum absolute atomic E-state index is 0. The third-order valence-electron chi connectivity index (χ3n) is 0. The van der Waals surface area contributed by atoms with Crippen LogP contribution < -0.4 is 0 Å². The van der Waals surface area contributed by atoms with Gasteiger partial charge < -0.3 is 0 Å². The van der Waals surface area contributed by atoms with E-state index in [0.29, 0.717) is 0 Å². The highest BCUT2D eigenvalue weighted by Gasteiger charge is 1.19. The summed E-state index contributed by atoms with van der Waals surface area (Å²) in [6.45, 7) is 0. The smallest absolute Gasteiger partial charge is 0.130 e. The standard InChI is InChI=1S/4CHNS.4CH4/c4*2-1-3;;;;/h4*3H;4*1H4. The molecule has 0 fully saturated rings. The molecule has 0 aromatic heterocycles. The summed E-state index contributed by atoms with van der Waals surface area (Å²) in [6.07, 6.45) is 0. The molecule has 0 saturated heterocycles. The average molecular weight is 301 g/mol. The molecule has 0 N–H and O–H groups in total. The Morgan fingerprint density at radius 2 is 0.438 bits per heavy atom. The van der Waals surface area contributed by atoms with E-state index >= 15 is 0 Å². The molecular weight excluding hydrogens is 280 g/mol. The van der Waals surface area contributed by atoms with Crippen molar-refractivity contribution in [2.45, 2.75) is 29.7 Å². The van der Waals surface area contributed by atoms with Gasteiger partial charge in [0.25, 0.3) is 0 Å². The third-order valence-corrected chi connectivity index (χ3v) is 0. The molecule has 0 unspecified atom stereocenters. The number of hydrogen-bond acceptors (Lipinski definition) is 8. The van der Waals surface area contributed by atoms with Crippen molar-refractivity contribution in [2.24, 2.45) is 0 Å². The van der Waals surface area contributed by atoms with Gasteiger partial charge in [-0.25, -0.2) is 0 Å². The molecule has 0 saturated carbocycles. The van der Waals surface area contributed by atoms with Crippen molar-refractivity contribution in [3.05, 3.63) is 0 Å². The van der Waals surface area contributed by atoms with Crippen LogP contribution >= 0.6 is 50.5 Å². The molecule has 0 aromatic rings. The highest BCUT2D eigenvalue weighted by Crippen LogP contribution is 1.47. The number of nitrogens with zero attached hydrogens (tertiary/aromatic N) is 4. The van der Waals surface area contributed by atoms with E-state index in [1.165, 1.54) is 21.6 Å². The van der Waals surface area contributed by atoms with Crippen LogP contribution in [-0.2, 0) is 0 Å². The van der Waals surface area contributed by atoms with E-state index in [1.54, 1.807) is 0 Å². The van der Waals surface area contributed by atoms with Crippen molar-refractivity contribution in [1.82, 2.24) is 0 Å². The van der Waals surface area contributed by atoms with Crippen LogP contribution in [0.4, 0.5) is 0 Å². The minimum Gasteiger partial charge on any atom is -0.185 e. The molecular formula is C8H20N4S4. The molecule has 0 aliphatic rings. The van der Waals surface area contributed by atoms with Crippen molar-refractivity contribution in [3.8, 4) is 21.6 Å². The van der Waals surface area contributed by atoms with Gasteiger partial charge in [-0.2, -0.15) is 21.0 Å². The lowest BCUT2D eigenvalue weighted by atomic mass is 11.8. The molecule has 8 heteroatoms. The molecule has 16 heavy (non-hydrogen) atoms. The molecule has 0 amide bonds. The second-order valence-electron chi connectivity index (χ2n) is 0.400. The van der Waals surface area contributed by atoms with Gasteiger partial charge in [0, 0.05) is 0 Å². The fraction of sp³-hybridized carbons (Fsp3) is 0.500. The number of thiol groups is 4. The van der Waals surface area contributed by atoms with Gasteiger partial charge in [-0.3, -0.25) is 0 Å². The monoisotopic (exact) mass is 300 g/mol. The quantitative estimate of drug-likeness (QED) is 0.399. The van der Waals surface area contributed by atoms with E-state index in [0.717, 1.165) is 0 Å². The summed E-state index contributed by atoms with van der Waals surface area (Å²) in [7, 11) is 0. The Morgan fingerprint density at radius 3 is 0.438 bits per heavy atom. The zero-order valence-corrected chi connectivity index (χ0v) is 9.16. The van der Waals surface area contributed by atoms with E-state index in [4.69, 9.17) is 21.0 Å². The molecule has 0 aliphatic heterocycles. The Kier molecular flexibility index (Phi) is 830. The molecule has 0 heterocycles. The summed E-state index contributed by atoms with van der Waals surface area (Å²) in [5, 5.41) is 34.5. The first-order valence-corrected chi connectivity index (χ1v) is 3.58. The molecule has 0 aliphatic carbocycles. The summed E-state index contributed by atoms with van der Waals surface area (Å²) in [5.41, 5.74) is 0. The van der Waals surface area contributed by atoms with Crippen LogP contribution in [0.1, 0.15) is 29.7 Å². The van der Waals surface area contributed by atoms with Crippen LogP contribution in [-0.4, -0.2) is 0 Å². The van der Waals surface area contributed by atoms with E-state index in [-0.39, 0.29) is 29.7 Å². The molecule has 0 spiro atoms. The van der Waals surface area contributed by atoms with Crippen LogP contribution in [0.15, 0.2) is 0 Å². The summed E-state index contributed by atoms with van der Waals surface area (Å²) in [6, 6.07) is 0. The SMILES string of the molecule is C.C.C.C.N#CS.N#CS.N#CS.N#CS. The van der Waals surface area contributed by atoms with Crippen molar-refractivity contribution in [2.75, 3.05) is 0 Å². The van der Waals surface area contributed by atoms with Gasteiger partial charge in [-0.15, -0.1) is 0 Å². The zero-order chi connectivity index (χ0) is 10.8.